The number of carboxylic acids is 1. The van der Waals surface area contributed by atoms with Crippen LogP contribution in [0.4, 0.5) is 0 Å². The summed E-state index contributed by atoms with van der Waals surface area (Å²) in [7, 11) is 0. The summed E-state index contributed by atoms with van der Waals surface area (Å²) in [5.41, 5.74) is 2.46. The molecule has 1 aromatic rings. The molecule has 4 heteroatoms. The average molecular weight is 262 g/mol. The Balaban J connectivity index is 2.21. The second kappa shape index (κ2) is 5.03. The number of unbranched alkanes of at least 4 members (excludes halogenated alkanes) is 1. The van der Waals surface area contributed by atoms with E-state index in [4.69, 9.17) is 1.41 Å². The van der Waals surface area contributed by atoms with Crippen LogP contribution >= 0.6 is 0 Å². The summed E-state index contributed by atoms with van der Waals surface area (Å²) >= 11 is 0. The Labute approximate surface area is 114 Å². The van der Waals surface area contributed by atoms with Gasteiger partial charge in [-0.1, -0.05) is 31.9 Å². The van der Waals surface area contributed by atoms with E-state index in [9.17, 15) is 14.7 Å². The highest BCUT2D eigenvalue weighted by molar-refractivity contribution is 5.93. The normalized spacial score (nSPS) is 25.5. The second-order valence-electron chi connectivity index (χ2n) is 5.28. The highest BCUT2D eigenvalue weighted by atomic mass is 16.4. The number of amides is 1. The lowest BCUT2D eigenvalue weighted by Crippen LogP contribution is -2.17. The molecule has 19 heavy (non-hydrogen) atoms. The Morgan fingerprint density at radius 2 is 2.37 bits per heavy atom. The van der Waals surface area contributed by atoms with Crippen LogP contribution < -0.4 is 5.73 Å². The molecule has 102 valence electrons. The number of aliphatic carboxylic acids is 1. The third kappa shape index (κ3) is 2.48. The van der Waals surface area contributed by atoms with Gasteiger partial charge in [0.15, 0.2) is 1.41 Å². The van der Waals surface area contributed by atoms with E-state index in [0.717, 1.165) is 18.4 Å². The molecule has 4 nitrogen and oxygen atoms in total. The van der Waals surface area contributed by atoms with E-state index in [1.807, 2.05) is 18.7 Å². The zero-order valence-corrected chi connectivity index (χ0v) is 11.0. The van der Waals surface area contributed by atoms with Crippen molar-refractivity contribution in [2.45, 2.75) is 38.5 Å². The molecule has 0 radical (unpaired) electrons. The molecule has 0 aromatic heterocycles. The Morgan fingerprint density at radius 3 is 3.00 bits per heavy atom. The average Bonchev–Trinajstić information content (AvgIpc) is 3.20. The van der Waals surface area contributed by atoms with Gasteiger partial charge >= 0.3 is 5.97 Å². The summed E-state index contributed by atoms with van der Waals surface area (Å²) in [5.74, 6) is -1.24. The van der Waals surface area contributed by atoms with Crippen molar-refractivity contribution in [2.24, 2.45) is 11.1 Å². The van der Waals surface area contributed by atoms with Gasteiger partial charge in [0.05, 0.1) is 5.41 Å². The summed E-state index contributed by atoms with van der Waals surface area (Å²) in [4.78, 5) is 23.0. The van der Waals surface area contributed by atoms with E-state index in [2.05, 4.69) is 0 Å². The number of carboxylic acid groups (broad SMARTS) is 1. The first kappa shape index (κ1) is 12.2. The zero-order valence-electron chi connectivity index (χ0n) is 12.0. The standard InChI is InChI=1S/C15H19NO3/c1-2-3-7-15(14(18)19)9-12(15)10-5-4-6-11(8-10)13(16)17/h4-6,8,12H,2-3,7,9H2,1H3,(H2,16,17)(H,18,19)/i/hD. The van der Waals surface area contributed by atoms with Crippen molar-refractivity contribution in [3.63, 3.8) is 0 Å². The van der Waals surface area contributed by atoms with Gasteiger partial charge in [0, 0.05) is 11.5 Å². The van der Waals surface area contributed by atoms with E-state index in [0.29, 0.717) is 18.4 Å². The molecule has 2 rings (SSSR count). The van der Waals surface area contributed by atoms with Crippen LogP contribution in [0.3, 0.4) is 0 Å². The first-order valence-corrected chi connectivity index (χ1v) is 6.60. The minimum absolute atomic E-state index is 0.0231. The molecule has 1 fully saturated rings. The minimum Gasteiger partial charge on any atom is -0.481 e. The number of primary amides is 1. The highest BCUT2D eigenvalue weighted by Gasteiger charge is 2.60. The first-order valence-electron chi connectivity index (χ1n) is 7.10. The van der Waals surface area contributed by atoms with Gasteiger partial charge < -0.3 is 10.8 Å². The number of hydrogen-bond donors (Lipinski definition) is 2. The van der Waals surface area contributed by atoms with E-state index >= 15 is 0 Å². The number of rotatable bonds is 6. The Kier molecular flexibility index (Phi) is 3.23. The third-order valence-electron chi connectivity index (χ3n) is 4.03. The minimum atomic E-state index is -0.744. The van der Waals surface area contributed by atoms with Gasteiger partial charge in [-0.25, -0.2) is 0 Å². The predicted molar refractivity (Wildman–Crippen MR) is 71.9 cm³/mol. The lowest BCUT2D eigenvalue weighted by molar-refractivity contribution is -0.143. The number of nitrogens with two attached hydrogens (primary N) is 1. The van der Waals surface area contributed by atoms with Crippen molar-refractivity contribution in [3.05, 3.63) is 35.4 Å². The van der Waals surface area contributed by atoms with Crippen LogP contribution in [0.1, 0.15) is 54.4 Å². The Hall–Kier alpha value is -1.84. The topological polar surface area (TPSA) is 80.4 Å². The number of hydrogen-bond acceptors (Lipinski definition) is 2. The maximum absolute atomic E-state index is 11.5. The molecule has 1 saturated carbocycles. The molecule has 1 aliphatic carbocycles. The molecule has 1 aliphatic rings. The van der Waals surface area contributed by atoms with Crippen LogP contribution in [0.25, 0.3) is 0 Å². The largest absolute Gasteiger partial charge is 0.481 e. The van der Waals surface area contributed by atoms with Gasteiger partial charge in [-0.05, 0) is 30.5 Å². The molecule has 2 unspecified atom stereocenters. The Morgan fingerprint density at radius 1 is 1.58 bits per heavy atom. The van der Waals surface area contributed by atoms with Crippen LogP contribution in [0, 0.1) is 5.41 Å². The quantitative estimate of drug-likeness (QED) is 0.826. The molecule has 0 bridgehead atoms. The van der Waals surface area contributed by atoms with Gasteiger partial charge in [-0.15, -0.1) is 0 Å². The molecule has 0 aliphatic heterocycles. The molecule has 1 amide bonds. The van der Waals surface area contributed by atoms with Crippen molar-refractivity contribution < 1.29 is 16.1 Å². The highest BCUT2D eigenvalue weighted by Crippen LogP contribution is 2.62. The summed E-state index contributed by atoms with van der Waals surface area (Å²) in [6.45, 7) is 2.05. The van der Waals surface area contributed by atoms with Crippen LogP contribution in [-0.2, 0) is 4.79 Å². The van der Waals surface area contributed by atoms with Crippen molar-refractivity contribution in [1.82, 2.24) is 0 Å². The van der Waals surface area contributed by atoms with E-state index in [-0.39, 0.29) is 5.92 Å². The number of benzene rings is 1. The van der Waals surface area contributed by atoms with Gasteiger partial charge in [0.1, 0.15) is 0 Å². The van der Waals surface area contributed by atoms with Crippen molar-refractivity contribution in [1.29, 1.82) is 0 Å². The third-order valence-corrected chi connectivity index (χ3v) is 4.03. The molecule has 2 atom stereocenters. The van der Waals surface area contributed by atoms with E-state index < -0.39 is 17.3 Å². The smallest absolute Gasteiger partial charge is 0.310 e. The van der Waals surface area contributed by atoms with E-state index in [1.165, 1.54) is 0 Å². The molecule has 0 heterocycles. The van der Waals surface area contributed by atoms with Crippen molar-refractivity contribution in [2.75, 3.05) is 0 Å². The molecule has 3 N–H and O–H groups in total. The molecule has 0 spiro atoms. The lowest BCUT2D eigenvalue weighted by Gasteiger charge is -2.12. The van der Waals surface area contributed by atoms with Gasteiger partial charge in [0.25, 0.3) is 0 Å². The van der Waals surface area contributed by atoms with Crippen molar-refractivity contribution in [3.8, 4) is 0 Å². The fourth-order valence-electron chi connectivity index (χ4n) is 2.75. The van der Waals surface area contributed by atoms with Crippen LogP contribution in [0.2, 0.25) is 1.41 Å². The summed E-state index contributed by atoms with van der Waals surface area (Å²) in [6.07, 6.45) is 3.19. The zero-order chi connectivity index (χ0) is 14.8. The number of carbonyl (C=O) groups is 2. The first-order chi connectivity index (χ1) is 9.55. The van der Waals surface area contributed by atoms with Gasteiger partial charge in [-0.3, -0.25) is 9.59 Å². The van der Waals surface area contributed by atoms with Gasteiger partial charge in [-0.2, -0.15) is 0 Å². The van der Waals surface area contributed by atoms with Crippen LogP contribution in [0.5, 0.6) is 0 Å². The van der Waals surface area contributed by atoms with Crippen LogP contribution in [-0.4, -0.2) is 17.0 Å². The molecular weight excluding hydrogens is 242 g/mol. The molecule has 0 saturated heterocycles. The fraction of sp³-hybridized carbons (Fsp3) is 0.467. The number of carbonyl (C=O) groups excluding carboxylic acids is 1. The molecule has 1 aromatic carbocycles. The maximum atomic E-state index is 11.5. The fourth-order valence-corrected chi connectivity index (χ4v) is 2.75. The Bertz CT molecular complexity index is 532. The predicted octanol–water partition coefficient (Wildman–Crippen LogP) is 2.53. The van der Waals surface area contributed by atoms with Crippen molar-refractivity contribution >= 4 is 11.9 Å². The van der Waals surface area contributed by atoms with Gasteiger partial charge in [0.2, 0.25) is 5.91 Å². The van der Waals surface area contributed by atoms with Crippen LogP contribution in [0.15, 0.2) is 24.3 Å². The maximum Gasteiger partial charge on any atom is 0.310 e. The SMILES string of the molecule is [2H]NC(=O)c1cccc(C2CC2(CCCC)C(=O)O)c1. The summed E-state index contributed by atoms with van der Waals surface area (Å²) < 4.78 is 6.88. The monoisotopic (exact) mass is 262 g/mol. The summed E-state index contributed by atoms with van der Waals surface area (Å²) in [5, 5.41) is 9.48. The summed E-state index contributed by atoms with van der Waals surface area (Å²) in [6, 6.07) is 6.93. The lowest BCUT2D eigenvalue weighted by atomic mass is 9.92. The van der Waals surface area contributed by atoms with E-state index in [1.54, 1.807) is 18.2 Å². The molecular formula is C15H19NO3. The second-order valence-corrected chi connectivity index (χ2v) is 5.28.